The molecule has 1 aromatic carbocycles. The average molecular weight is 331 g/mol. The van der Waals surface area contributed by atoms with Crippen molar-refractivity contribution in [3.05, 3.63) is 29.8 Å². The van der Waals surface area contributed by atoms with E-state index >= 15 is 0 Å². The minimum atomic E-state index is -0.933. The van der Waals surface area contributed by atoms with Crippen LogP contribution in [0.3, 0.4) is 0 Å². The molecule has 24 heavy (non-hydrogen) atoms. The smallest absolute Gasteiger partial charge is 0.325 e. The van der Waals surface area contributed by atoms with E-state index in [1.165, 1.54) is 0 Å². The Balaban J connectivity index is 1.87. The van der Waals surface area contributed by atoms with E-state index in [4.69, 9.17) is 5.73 Å². The minimum absolute atomic E-state index is 0.0103. The zero-order chi connectivity index (χ0) is 17.9. The molecule has 1 aliphatic heterocycles. The summed E-state index contributed by atoms with van der Waals surface area (Å²) in [5.74, 6) is -0.725. The molecule has 1 heterocycles. The summed E-state index contributed by atoms with van der Waals surface area (Å²) in [5.41, 5.74) is 9.20. The molecule has 0 aromatic heterocycles. The summed E-state index contributed by atoms with van der Waals surface area (Å²) in [6, 6.07) is 6.61. The van der Waals surface area contributed by atoms with Gasteiger partial charge in [-0.3, -0.25) is 14.5 Å². The molecule has 8 heteroatoms. The Bertz CT molecular complexity index is 694. The molecule has 1 aliphatic rings. The SMILES string of the molecule is C/C(=N/NC(=O)CCN1C(=O)NC(C)(C)C1=O)c1ccc(N)cc1. The maximum Gasteiger partial charge on any atom is 0.325 e. The third-order valence-electron chi connectivity index (χ3n) is 3.68. The predicted octanol–water partition coefficient (Wildman–Crippen LogP) is 0.830. The number of imide groups is 1. The van der Waals surface area contributed by atoms with Gasteiger partial charge in [0.25, 0.3) is 5.91 Å². The highest BCUT2D eigenvalue weighted by Crippen LogP contribution is 2.16. The van der Waals surface area contributed by atoms with E-state index in [2.05, 4.69) is 15.8 Å². The van der Waals surface area contributed by atoms with Crippen LogP contribution in [0.25, 0.3) is 0 Å². The van der Waals surface area contributed by atoms with E-state index in [1.807, 2.05) is 0 Å². The standard InChI is InChI=1S/C16H21N5O3/c1-10(11-4-6-12(17)7-5-11)19-20-13(22)8-9-21-14(23)16(2,3)18-15(21)24/h4-7H,8-9,17H2,1-3H3,(H,18,24)(H,20,22)/b19-10-. The number of nitrogens with zero attached hydrogens (tertiary/aromatic N) is 2. The van der Waals surface area contributed by atoms with Gasteiger partial charge in [0.15, 0.2) is 0 Å². The molecule has 0 spiro atoms. The highest BCUT2D eigenvalue weighted by atomic mass is 16.2. The summed E-state index contributed by atoms with van der Waals surface area (Å²) in [5, 5.41) is 6.57. The highest BCUT2D eigenvalue weighted by molar-refractivity contribution is 6.06. The first-order valence-electron chi connectivity index (χ1n) is 7.54. The van der Waals surface area contributed by atoms with Gasteiger partial charge in [-0.15, -0.1) is 0 Å². The summed E-state index contributed by atoms with van der Waals surface area (Å²) < 4.78 is 0. The molecule has 0 saturated carbocycles. The van der Waals surface area contributed by atoms with E-state index in [0.29, 0.717) is 11.4 Å². The summed E-state index contributed by atoms with van der Waals surface area (Å²) in [6.07, 6.45) is -0.0201. The van der Waals surface area contributed by atoms with Crippen LogP contribution in [-0.2, 0) is 9.59 Å². The number of hydrogen-bond acceptors (Lipinski definition) is 5. The maximum absolute atomic E-state index is 12.0. The number of hydrogen-bond donors (Lipinski definition) is 3. The van der Waals surface area contributed by atoms with Gasteiger partial charge in [0.2, 0.25) is 5.91 Å². The van der Waals surface area contributed by atoms with E-state index < -0.39 is 11.6 Å². The largest absolute Gasteiger partial charge is 0.399 e. The number of anilines is 1. The Hall–Kier alpha value is -2.90. The predicted molar refractivity (Wildman–Crippen MR) is 90.1 cm³/mol. The lowest BCUT2D eigenvalue weighted by molar-refractivity contribution is -0.130. The molecule has 0 bridgehead atoms. The van der Waals surface area contributed by atoms with Crippen molar-refractivity contribution < 1.29 is 14.4 Å². The Morgan fingerprint density at radius 3 is 2.46 bits per heavy atom. The topological polar surface area (TPSA) is 117 Å². The van der Waals surface area contributed by atoms with Crippen molar-refractivity contribution in [2.24, 2.45) is 5.10 Å². The highest BCUT2D eigenvalue weighted by Gasteiger charge is 2.43. The molecule has 1 fully saturated rings. The van der Waals surface area contributed by atoms with Crippen LogP contribution in [0.4, 0.5) is 10.5 Å². The Morgan fingerprint density at radius 2 is 1.92 bits per heavy atom. The zero-order valence-electron chi connectivity index (χ0n) is 13.9. The van der Waals surface area contributed by atoms with Gasteiger partial charge in [-0.1, -0.05) is 12.1 Å². The fraction of sp³-hybridized carbons (Fsp3) is 0.375. The van der Waals surface area contributed by atoms with E-state index in [0.717, 1.165) is 10.5 Å². The van der Waals surface area contributed by atoms with E-state index in [9.17, 15) is 14.4 Å². The maximum atomic E-state index is 12.0. The lowest BCUT2D eigenvalue weighted by Crippen LogP contribution is -2.40. The number of carbonyl (C=O) groups is 3. The molecular formula is C16H21N5O3. The number of amides is 4. The average Bonchev–Trinajstić information content (AvgIpc) is 2.71. The molecule has 0 radical (unpaired) electrons. The summed E-state index contributed by atoms with van der Waals surface area (Å²) in [6.45, 7) is 5.00. The summed E-state index contributed by atoms with van der Waals surface area (Å²) in [4.78, 5) is 36.6. The third kappa shape index (κ3) is 3.89. The quantitative estimate of drug-likeness (QED) is 0.320. The first kappa shape index (κ1) is 17.5. The first-order valence-corrected chi connectivity index (χ1v) is 7.54. The van der Waals surface area contributed by atoms with Crippen molar-refractivity contribution in [3.63, 3.8) is 0 Å². The van der Waals surface area contributed by atoms with Crippen LogP contribution in [0, 0.1) is 0 Å². The van der Waals surface area contributed by atoms with Crippen LogP contribution < -0.4 is 16.5 Å². The van der Waals surface area contributed by atoms with Crippen LogP contribution in [0.2, 0.25) is 0 Å². The Morgan fingerprint density at radius 1 is 1.29 bits per heavy atom. The van der Waals surface area contributed by atoms with Gasteiger partial charge in [0, 0.05) is 18.7 Å². The van der Waals surface area contributed by atoms with Gasteiger partial charge in [-0.25, -0.2) is 10.2 Å². The number of carbonyl (C=O) groups excluding carboxylic acids is 3. The number of hydrazone groups is 1. The van der Waals surface area contributed by atoms with Crippen molar-refractivity contribution in [2.75, 3.05) is 12.3 Å². The first-order chi connectivity index (χ1) is 11.2. The number of nitrogen functional groups attached to an aromatic ring is 1. The number of rotatable bonds is 5. The van der Waals surface area contributed by atoms with Gasteiger partial charge in [-0.05, 0) is 38.5 Å². The molecule has 8 nitrogen and oxygen atoms in total. The number of nitrogens with one attached hydrogen (secondary N) is 2. The molecule has 128 valence electrons. The van der Waals surface area contributed by atoms with Gasteiger partial charge in [0.1, 0.15) is 5.54 Å². The lowest BCUT2D eigenvalue weighted by atomic mass is 10.1. The van der Waals surface area contributed by atoms with Crippen molar-refractivity contribution >= 4 is 29.2 Å². The molecule has 4 N–H and O–H groups in total. The lowest BCUT2D eigenvalue weighted by Gasteiger charge is -2.15. The zero-order valence-corrected chi connectivity index (χ0v) is 13.9. The van der Waals surface area contributed by atoms with Crippen LogP contribution in [0.15, 0.2) is 29.4 Å². The fourth-order valence-corrected chi connectivity index (χ4v) is 2.23. The summed E-state index contributed by atoms with van der Waals surface area (Å²) in [7, 11) is 0. The van der Waals surface area contributed by atoms with E-state index in [-0.39, 0.29) is 24.8 Å². The molecule has 2 rings (SSSR count). The minimum Gasteiger partial charge on any atom is -0.399 e. The van der Waals surface area contributed by atoms with E-state index in [1.54, 1.807) is 45.0 Å². The van der Waals surface area contributed by atoms with Crippen LogP contribution in [-0.4, -0.2) is 40.5 Å². The van der Waals surface area contributed by atoms with Crippen LogP contribution >= 0.6 is 0 Å². The Labute approximate surface area is 140 Å². The molecule has 1 aromatic rings. The van der Waals surface area contributed by atoms with Gasteiger partial charge in [-0.2, -0.15) is 5.10 Å². The second-order valence-corrected chi connectivity index (χ2v) is 6.12. The van der Waals surface area contributed by atoms with Crippen molar-refractivity contribution in [3.8, 4) is 0 Å². The Kier molecular flexibility index (Phi) is 4.87. The summed E-state index contributed by atoms with van der Waals surface area (Å²) >= 11 is 0. The van der Waals surface area contributed by atoms with Crippen molar-refractivity contribution in [1.29, 1.82) is 0 Å². The second-order valence-electron chi connectivity index (χ2n) is 6.12. The number of benzene rings is 1. The molecule has 4 amide bonds. The number of nitrogens with two attached hydrogens (primary N) is 1. The number of urea groups is 1. The molecular weight excluding hydrogens is 310 g/mol. The van der Waals surface area contributed by atoms with Gasteiger partial charge in [0.05, 0.1) is 5.71 Å². The molecule has 0 atom stereocenters. The normalized spacial score (nSPS) is 17.0. The molecule has 0 unspecified atom stereocenters. The van der Waals surface area contributed by atoms with Gasteiger partial charge < -0.3 is 11.1 Å². The van der Waals surface area contributed by atoms with Crippen LogP contribution in [0.1, 0.15) is 32.8 Å². The monoisotopic (exact) mass is 331 g/mol. The molecule has 0 aliphatic carbocycles. The van der Waals surface area contributed by atoms with Crippen molar-refractivity contribution in [2.45, 2.75) is 32.7 Å². The molecule has 1 saturated heterocycles. The van der Waals surface area contributed by atoms with Crippen molar-refractivity contribution in [1.82, 2.24) is 15.6 Å². The third-order valence-corrected chi connectivity index (χ3v) is 3.68. The van der Waals surface area contributed by atoms with Crippen LogP contribution in [0.5, 0.6) is 0 Å². The fourth-order valence-electron chi connectivity index (χ4n) is 2.23. The van der Waals surface area contributed by atoms with Gasteiger partial charge >= 0.3 is 6.03 Å². The second kappa shape index (κ2) is 6.69.